The molecule has 1 aromatic carbocycles. The van der Waals surface area contributed by atoms with Crippen molar-refractivity contribution in [3.63, 3.8) is 0 Å². The lowest BCUT2D eigenvalue weighted by atomic mass is 10.1. The van der Waals surface area contributed by atoms with Crippen molar-refractivity contribution in [2.24, 2.45) is 0 Å². The fourth-order valence-corrected chi connectivity index (χ4v) is 1.50. The molecule has 0 saturated heterocycles. The summed E-state index contributed by atoms with van der Waals surface area (Å²) < 4.78 is 0. The standard InChI is InChI=1S/C11H10Cl2N2O/c12-9-2-1-8(7-10(9)13)4-6-15-11(16)3-5-14/h1-2,7H,3-4,6H2,(H,15,16). The summed E-state index contributed by atoms with van der Waals surface area (Å²) in [5, 5.41) is 11.9. The second-order valence-corrected chi connectivity index (χ2v) is 4.00. The number of hydrogen-bond acceptors (Lipinski definition) is 2. The van der Waals surface area contributed by atoms with Crippen LogP contribution < -0.4 is 5.32 Å². The highest BCUT2D eigenvalue weighted by Gasteiger charge is 2.01. The highest BCUT2D eigenvalue weighted by molar-refractivity contribution is 6.42. The van der Waals surface area contributed by atoms with Crippen LogP contribution >= 0.6 is 23.2 Å². The summed E-state index contributed by atoms with van der Waals surface area (Å²) in [6, 6.07) is 7.12. The van der Waals surface area contributed by atoms with Gasteiger partial charge in [0, 0.05) is 6.54 Å². The maximum Gasteiger partial charge on any atom is 0.234 e. The molecule has 1 rings (SSSR count). The normalized spacial score (nSPS) is 9.56. The number of amides is 1. The first-order chi connectivity index (χ1) is 7.63. The molecule has 0 aliphatic heterocycles. The minimum atomic E-state index is -0.262. The van der Waals surface area contributed by atoms with Crippen LogP contribution in [0.1, 0.15) is 12.0 Å². The number of nitriles is 1. The Morgan fingerprint density at radius 3 is 2.75 bits per heavy atom. The van der Waals surface area contributed by atoms with E-state index in [1.807, 2.05) is 6.07 Å². The number of nitrogens with one attached hydrogen (secondary N) is 1. The van der Waals surface area contributed by atoms with Gasteiger partial charge in [-0.25, -0.2) is 0 Å². The van der Waals surface area contributed by atoms with Crippen LogP contribution in [-0.4, -0.2) is 12.5 Å². The van der Waals surface area contributed by atoms with Gasteiger partial charge in [-0.1, -0.05) is 29.3 Å². The molecule has 84 valence electrons. The third kappa shape index (κ3) is 4.09. The molecule has 0 aromatic heterocycles. The van der Waals surface area contributed by atoms with Crippen molar-refractivity contribution in [2.75, 3.05) is 6.54 Å². The molecular weight excluding hydrogens is 247 g/mol. The number of rotatable bonds is 4. The second kappa shape index (κ2) is 6.37. The van der Waals surface area contributed by atoms with E-state index >= 15 is 0 Å². The first-order valence-electron chi connectivity index (χ1n) is 4.71. The molecule has 0 atom stereocenters. The number of hydrogen-bond donors (Lipinski definition) is 1. The zero-order valence-electron chi connectivity index (χ0n) is 8.46. The van der Waals surface area contributed by atoms with Crippen LogP contribution in [0, 0.1) is 11.3 Å². The topological polar surface area (TPSA) is 52.9 Å². The highest BCUT2D eigenvalue weighted by Crippen LogP contribution is 2.22. The summed E-state index contributed by atoms with van der Waals surface area (Å²) in [5.74, 6) is -0.262. The van der Waals surface area contributed by atoms with E-state index in [-0.39, 0.29) is 12.3 Å². The molecule has 1 N–H and O–H groups in total. The number of halogens is 2. The van der Waals surface area contributed by atoms with Gasteiger partial charge in [0.1, 0.15) is 6.42 Å². The molecule has 0 unspecified atom stereocenters. The Balaban J connectivity index is 2.41. The van der Waals surface area contributed by atoms with Gasteiger partial charge in [-0.05, 0) is 24.1 Å². The summed E-state index contributed by atoms with van der Waals surface area (Å²) in [7, 11) is 0. The lowest BCUT2D eigenvalue weighted by Crippen LogP contribution is -2.24. The molecule has 1 aromatic rings. The summed E-state index contributed by atoms with van der Waals surface area (Å²) in [6.45, 7) is 0.485. The van der Waals surface area contributed by atoms with E-state index in [0.29, 0.717) is 23.0 Å². The molecule has 3 nitrogen and oxygen atoms in total. The molecular formula is C11H10Cl2N2O. The van der Waals surface area contributed by atoms with Crippen LogP contribution in [-0.2, 0) is 11.2 Å². The smallest absolute Gasteiger partial charge is 0.234 e. The van der Waals surface area contributed by atoms with Gasteiger partial charge in [-0.3, -0.25) is 4.79 Å². The maximum absolute atomic E-state index is 11.0. The molecule has 0 heterocycles. The van der Waals surface area contributed by atoms with E-state index in [0.717, 1.165) is 5.56 Å². The molecule has 0 aliphatic rings. The van der Waals surface area contributed by atoms with Crippen LogP contribution in [0.2, 0.25) is 10.0 Å². The van der Waals surface area contributed by atoms with Gasteiger partial charge in [0.05, 0.1) is 16.1 Å². The lowest BCUT2D eigenvalue weighted by Gasteiger charge is -2.04. The minimum Gasteiger partial charge on any atom is -0.355 e. The SMILES string of the molecule is N#CCC(=O)NCCc1ccc(Cl)c(Cl)c1. The number of carbonyl (C=O) groups excluding carboxylic acids is 1. The fraction of sp³-hybridized carbons (Fsp3) is 0.273. The fourth-order valence-electron chi connectivity index (χ4n) is 1.18. The molecule has 0 aliphatic carbocycles. The zero-order chi connectivity index (χ0) is 12.0. The Bertz CT molecular complexity index is 426. The second-order valence-electron chi connectivity index (χ2n) is 3.18. The summed E-state index contributed by atoms with van der Waals surface area (Å²) in [5.41, 5.74) is 0.992. The molecule has 0 bridgehead atoms. The van der Waals surface area contributed by atoms with Gasteiger partial charge in [0.2, 0.25) is 5.91 Å². The van der Waals surface area contributed by atoms with E-state index in [9.17, 15) is 4.79 Å². The predicted molar refractivity (Wildman–Crippen MR) is 63.4 cm³/mol. The van der Waals surface area contributed by atoms with Crippen LogP contribution in [0.15, 0.2) is 18.2 Å². The molecule has 1 amide bonds. The Hall–Kier alpha value is -1.24. The lowest BCUT2D eigenvalue weighted by molar-refractivity contribution is -0.120. The Morgan fingerprint density at radius 1 is 1.38 bits per heavy atom. The third-order valence-corrected chi connectivity index (χ3v) is 2.70. The zero-order valence-corrected chi connectivity index (χ0v) is 9.98. The van der Waals surface area contributed by atoms with Gasteiger partial charge >= 0.3 is 0 Å². The third-order valence-electron chi connectivity index (χ3n) is 1.96. The number of benzene rings is 1. The Kier molecular flexibility index (Phi) is 5.10. The average Bonchev–Trinajstić information content (AvgIpc) is 2.24. The van der Waals surface area contributed by atoms with Crippen molar-refractivity contribution in [3.8, 4) is 6.07 Å². The van der Waals surface area contributed by atoms with Crippen LogP contribution in [0.5, 0.6) is 0 Å². The molecule has 0 saturated carbocycles. The van der Waals surface area contributed by atoms with Crippen molar-refractivity contribution in [1.82, 2.24) is 5.32 Å². The monoisotopic (exact) mass is 256 g/mol. The van der Waals surface area contributed by atoms with Gasteiger partial charge in [0.15, 0.2) is 0 Å². The molecule has 5 heteroatoms. The summed E-state index contributed by atoms with van der Waals surface area (Å²) in [4.78, 5) is 11.0. The van der Waals surface area contributed by atoms with Crippen molar-refractivity contribution in [3.05, 3.63) is 33.8 Å². The van der Waals surface area contributed by atoms with Crippen LogP contribution in [0.4, 0.5) is 0 Å². The largest absolute Gasteiger partial charge is 0.355 e. The van der Waals surface area contributed by atoms with Gasteiger partial charge < -0.3 is 5.32 Å². The Labute approximate surface area is 104 Å². The highest BCUT2D eigenvalue weighted by atomic mass is 35.5. The van der Waals surface area contributed by atoms with Gasteiger partial charge in [-0.2, -0.15) is 5.26 Å². The molecule has 16 heavy (non-hydrogen) atoms. The quantitative estimate of drug-likeness (QED) is 0.901. The van der Waals surface area contributed by atoms with Crippen LogP contribution in [0.3, 0.4) is 0 Å². The number of carbonyl (C=O) groups is 1. The molecule has 0 radical (unpaired) electrons. The average molecular weight is 257 g/mol. The van der Waals surface area contributed by atoms with E-state index in [1.165, 1.54) is 0 Å². The van der Waals surface area contributed by atoms with Crippen molar-refractivity contribution in [2.45, 2.75) is 12.8 Å². The van der Waals surface area contributed by atoms with Crippen molar-refractivity contribution < 1.29 is 4.79 Å². The molecule has 0 spiro atoms. The van der Waals surface area contributed by atoms with E-state index in [4.69, 9.17) is 28.5 Å². The van der Waals surface area contributed by atoms with Crippen molar-refractivity contribution in [1.29, 1.82) is 5.26 Å². The number of nitrogens with zero attached hydrogens (tertiary/aromatic N) is 1. The van der Waals surface area contributed by atoms with Gasteiger partial charge in [0.25, 0.3) is 0 Å². The predicted octanol–water partition coefficient (Wildman–Crippen LogP) is 2.57. The van der Waals surface area contributed by atoms with E-state index in [1.54, 1.807) is 18.2 Å². The van der Waals surface area contributed by atoms with Crippen molar-refractivity contribution >= 4 is 29.1 Å². The van der Waals surface area contributed by atoms with E-state index < -0.39 is 0 Å². The Morgan fingerprint density at radius 2 is 2.12 bits per heavy atom. The first-order valence-corrected chi connectivity index (χ1v) is 5.46. The maximum atomic E-state index is 11.0. The van der Waals surface area contributed by atoms with Crippen LogP contribution in [0.25, 0.3) is 0 Å². The first kappa shape index (κ1) is 12.8. The summed E-state index contributed by atoms with van der Waals surface area (Å²) >= 11 is 11.6. The minimum absolute atomic E-state index is 0.110. The van der Waals surface area contributed by atoms with Gasteiger partial charge in [-0.15, -0.1) is 0 Å². The summed E-state index contributed by atoms with van der Waals surface area (Å²) in [6.07, 6.45) is 0.551. The molecule has 0 fully saturated rings. The van der Waals surface area contributed by atoms with E-state index in [2.05, 4.69) is 5.32 Å².